The van der Waals surface area contributed by atoms with Crippen LogP contribution in [-0.4, -0.2) is 74.7 Å². The summed E-state index contributed by atoms with van der Waals surface area (Å²) in [6.45, 7) is 6.73. The van der Waals surface area contributed by atoms with Crippen LogP contribution in [0.3, 0.4) is 0 Å². The van der Waals surface area contributed by atoms with Crippen LogP contribution in [0.2, 0.25) is 0 Å². The third kappa shape index (κ3) is 9.06. The zero-order valence-corrected chi connectivity index (χ0v) is 18.8. The molecule has 0 aromatic heterocycles. The molecular formula is C23H35N3O5. The van der Waals surface area contributed by atoms with Gasteiger partial charge in [-0.15, -0.1) is 0 Å². The average Bonchev–Trinajstić information content (AvgIpc) is 2.76. The number of esters is 1. The molecule has 2 N–H and O–H groups in total. The van der Waals surface area contributed by atoms with Gasteiger partial charge in [-0.05, 0) is 30.7 Å². The van der Waals surface area contributed by atoms with E-state index in [9.17, 15) is 14.4 Å². The van der Waals surface area contributed by atoms with Gasteiger partial charge >= 0.3 is 5.97 Å². The van der Waals surface area contributed by atoms with Crippen molar-refractivity contribution in [3.05, 3.63) is 35.9 Å². The largest absolute Gasteiger partial charge is 0.467 e. The van der Waals surface area contributed by atoms with Crippen LogP contribution in [-0.2, 0) is 30.3 Å². The van der Waals surface area contributed by atoms with Crippen LogP contribution in [0.25, 0.3) is 0 Å². The number of nitrogens with one attached hydrogen (secondary N) is 2. The third-order valence-corrected chi connectivity index (χ3v) is 5.20. The highest BCUT2D eigenvalue weighted by atomic mass is 16.5. The highest BCUT2D eigenvalue weighted by molar-refractivity contribution is 5.91. The Kier molecular flexibility index (Phi) is 10.5. The Morgan fingerprint density at radius 3 is 2.35 bits per heavy atom. The fourth-order valence-electron chi connectivity index (χ4n) is 3.53. The number of aryl methyl sites for hydroxylation is 1. The second kappa shape index (κ2) is 13.1. The molecule has 1 fully saturated rings. The Hall–Kier alpha value is -2.45. The molecule has 0 radical (unpaired) electrons. The molecule has 8 nitrogen and oxygen atoms in total. The highest BCUT2D eigenvalue weighted by Crippen LogP contribution is 2.09. The molecule has 0 spiro atoms. The second-order valence-electron chi connectivity index (χ2n) is 8.25. The topological polar surface area (TPSA) is 97.0 Å². The molecule has 2 atom stereocenters. The van der Waals surface area contributed by atoms with E-state index in [0.29, 0.717) is 45.6 Å². The van der Waals surface area contributed by atoms with E-state index >= 15 is 0 Å². The predicted octanol–water partition coefficient (Wildman–Crippen LogP) is 1.14. The van der Waals surface area contributed by atoms with Crippen molar-refractivity contribution in [1.82, 2.24) is 15.5 Å². The normalized spacial score (nSPS) is 16.4. The Bertz CT molecular complexity index is 704. The first-order valence-corrected chi connectivity index (χ1v) is 10.9. The molecule has 1 saturated heterocycles. The first kappa shape index (κ1) is 24.8. The van der Waals surface area contributed by atoms with Crippen LogP contribution >= 0.6 is 0 Å². The maximum atomic E-state index is 13.0. The molecule has 2 rings (SSSR count). The van der Waals surface area contributed by atoms with Crippen molar-refractivity contribution in [1.29, 1.82) is 0 Å². The zero-order chi connectivity index (χ0) is 22.6. The molecule has 172 valence electrons. The smallest absolute Gasteiger partial charge is 0.328 e. The van der Waals surface area contributed by atoms with E-state index < -0.39 is 18.1 Å². The number of hydrogen-bond donors (Lipinski definition) is 2. The minimum Gasteiger partial charge on any atom is -0.467 e. The van der Waals surface area contributed by atoms with Gasteiger partial charge in [0.05, 0.1) is 26.9 Å². The van der Waals surface area contributed by atoms with Gasteiger partial charge in [0.1, 0.15) is 12.1 Å². The van der Waals surface area contributed by atoms with Gasteiger partial charge in [0.25, 0.3) is 0 Å². The van der Waals surface area contributed by atoms with Crippen LogP contribution in [0.15, 0.2) is 30.3 Å². The Balaban J connectivity index is 2.03. The lowest BCUT2D eigenvalue weighted by Crippen LogP contribution is -2.54. The van der Waals surface area contributed by atoms with Crippen LogP contribution in [0.5, 0.6) is 0 Å². The molecular weight excluding hydrogens is 398 g/mol. The van der Waals surface area contributed by atoms with Crippen molar-refractivity contribution in [2.75, 3.05) is 40.0 Å². The Morgan fingerprint density at radius 2 is 1.74 bits per heavy atom. The summed E-state index contributed by atoms with van der Waals surface area (Å²) in [6, 6.07) is 8.31. The number of carbonyl (C=O) groups excluding carboxylic acids is 3. The van der Waals surface area contributed by atoms with Gasteiger partial charge in [0.15, 0.2) is 0 Å². The number of hydrogen-bond acceptors (Lipinski definition) is 6. The number of carbonyl (C=O) groups is 3. The number of nitrogens with zero attached hydrogens (tertiary/aromatic N) is 1. The standard InChI is InChI=1S/C23H35N3O5/c1-17(2)15-20(23(29)30-3)25-22(28)19(10-9-18-7-5-4-6-8-18)24-21(27)16-26-11-13-31-14-12-26/h4-8,17,19-20H,9-16H2,1-3H3,(H,24,27)(H,25,28)/t19-,20-/m0/s1. The molecule has 0 aliphatic carbocycles. The van der Waals surface area contributed by atoms with E-state index in [1.54, 1.807) is 0 Å². The maximum Gasteiger partial charge on any atom is 0.328 e. The number of ether oxygens (including phenoxy) is 2. The highest BCUT2D eigenvalue weighted by Gasteiger charge is 2.28. The zero-order valence-electron chi connectivity index (χ0n) is 18.8. The molecule has 1 aliphatic rings. The van der Waals surface area contributed by atoms with E-state index in [0.717, 1.165) is 5.56 Å². The molecule has 0 unspecified atom stereocenters. The van der Waals surface area contributed by atoms with Gasteiger partial charge in [0.2, 0.25) is 11.8 Å². The van der Waals surface area contributed by atoms with Crippen molar-refractivity contribution in [3.63, 3.8) is 0 Å². The summed E-state index contributed by atoms with van der Waals surface area (Å²) >= 11 is 0. The number of methoxy groups -OCH3 is 1. The number of morpholine rings is 1. The van der Waals surface area contributed by atoms with Crippen molar-refractivity contribution >= 4 is 17.8 Å². The molecule has 1 heterocycles. The van der Waals surface area contributed by atoms with Crippen LogP contribution in [0.1, 0.15) is 32.3 Å². The van der Waals surface area contributed by atoms with Crippen molar-refractivity contribution in [2.24, 2.45) is 5.92 Å². The minimum atomic E-state index is -0.743. The van der Waals surface area contributed by atoms with Crippen molar-refractivity contribution < 1.29 is 23.9 Å². The Morgan fingerprint density at radius 1 is 1.06 bits per heavy atom. The maximum absolute atomic E-state index is 13.0. The lowest BCUT2D eigenvalue weighted by atomic mass is 10.0. The van der Waals surface area contributed by atoms with Crippen molar-refractivity contribution in [2.45, 2.75) is 45.2 Å². The lowest BCUT2D eigenvalue weighted by molar-refractivity contribution is -0.145. The monoisotopic (exact) mass is 433 g/mol. The Labute approximate surface area is 184 Å². The molecule has 0 saturated carbocycles. The van der Waals surface area contributed by atoms with Crippen LogP contribution in [0.4, 0.5) is 0 Å². The van der Waals surface area contributed by atoms with Gasteiger partial charge < -0.3 is 20.1 Å². The van der Waals surface area contributed by atoms with E-state index in [4.69, 9.17) is 9.47 Å². The molecule has 8 heteroatoms. The first-order chi connectivity index (χ1) is 14.9. The number of rotatable bonds is 11. The third-order valence-electron chi connectivity index (χ3n) is 5.20. The summed E-state index contributed by atoms with van der Waals surface area (Å²) in [5, 5.41) is 5.65. The molecule has 1 aliphatic heterocycles. The minimum absolute atomic E-state index is 0.197. The predicted molar refractivity (Wildman–Crippen MR) is 117 cm³/mol. The number of benzene rings is 1. The molecule has 1 aromatic carbocycles. The fourth-order valence-corrected chi connectivity index (χ4v) is 3.53. The van der Waals surface area contributed by atoms with Crippen LogP contribution in [0, 0.1) is 5.92 Å². The van der Waals surface area contributed by atoms with Gasteiger partial charge in [-0.25, -0.2) is 4.79 Å². The quantitative estimate of drug-likeness (QED) is 0.508. The lowest BCUT2D eigenvalue weighted by Gasteiger charge is -2.27. The van der Waals surface area contributed by atoms with E-state index in [1.165, 1.54) is 7.11 Å². The number of amides is 2. The SMILES string of the molecule is COC(=O)[C@H](CC(C)C)NC(=O)[C@H](CCc1ccccc1)NC(=O)CN1CCOCC1. The summed E-state index contributed by atoms with van der Waals surface area (Å²) in [7, 11) is 1.30. The fraction of sp³-hybridized carbons (Fsp3) is 0.609. The van der Waals surface area contributed by atoms with Gasteiger partial charge in [-0.3, -0.25) is 14.5 Å². The van der Waals surface area contributed by atoms with E-state index in [2.05, 4.69) is 10.6 Å². The summed E-state index contributed by atoms with van der Waals surface area (Å²) in [4.78, 5) is 39.8. The first-order valence-electron chi connectivity index (χ1n) is 10.9. The summed E-state index contributed by atoms with van der Waals surface area (Å²) in [6.07, 6.45) is 1.52. The molecule has 2 amide bonds. The van der Waals surface area contributed by atoms with E-state index in [-0.39, 0.29) is 24.3 Å². The summed E-state index contributed by atoms with van der Waals surface area (Å²) in [5.74, 6) is -0.873. The van der Waals surface area contributed by atoms with Gasteiger partial charge in [-0.2, -0.15) is 0 Å². The summed E-state index contributed by atoms with van der Waals surface area (Å²) in [5.41, 5.74) is 1.08. The average molecular weight is 434 g/mol. The van der Waals surface area contributed by atoms with E-state index in [1.807, 2.05) is 49.1 Å². The van der Waals surface area contributed by atoms with Gasteiger partial charge in [0, 0.05) is 13.1 Å². The van der Waals surface area contributed by atoms with Gasteiger partial charge in [-0.1, -0.05) is 44.2 Å². The summed E-state index contributed by atoms with van der Waals surface area (Å²) < 4.78 is 10.2. The van der Waals surface area contributed by atoms with Crippen molar-refractivity contribution in [3.8, 4) is 0 Å². The molecule has 31 heavy (non-hydrogen) atoms. The second-order valence-corrected chi connectivity index (χ2v) is 8.25. The molecule has 1 aromatic rings. The van der Waals surface area contributed by atoms with Crippen LogP contribution < -0.4 is 10.6 Å². The molecule has 0 bridgehead atoms.